The number of nitrogens with zero attached hydrogens (tertiary/aromatic N) is 3. The molecule has 1 saturated carbocycles. The normalized spacial score (nSPS) is 21.2. The lowest BCUT2D eigenvalue weighted by Gasteiger charge is -2.32. The zero-order valence-corrected chi connectivity index (χ0v) is 19.2. The highest BCUT2D eigenvalue weighted by atomic mass is 19.1. The first-order valence-corrected chi connectivity index (χ1v) is 12.3. The van der Waals surface area contributed by atoms with Gasteiger partial charge in [-0.25, -0.2) is 4.39 Å². The number of likely N-dealkylation sites (tertiary alicyclic amines) is 1. The average molecular weight is 449 g/mol. The molecule has 1 saturated heterocycles. The van der Waals surface area contributed by atoms with Crippen molar-refractivity contribution in [3.63, 3.8) is 0 Å². The fraction of sp³-hybridized carbons (Fsp3) is 0.481. The van der Waals surface area contributed by atoms with E-state index in [2.05, 4.69) is 17.0 Å². The highest BCUT2D eigenvalue weighted by Crippen LogP contribution is 2.40. The van der Waals surface area contributed by atoms with Crippen molar-refractivity contribution in [2.45, 2.75) is 56.4 Å². The zero-order valence-electron chi connectivity index (χ0n) is 19.2. The van der Waals surface area contributed by atoms with Gasteiger partial charge in [0.05, 0.1) is 0 Å². The van der Waals surface area contributed by atoms with Gasteiger partial charge in [-0.3, -0.25) is 14.7 Å². The molecule has 174 valence electrons. The molecule has 33 heavy (non-hydrogen) atoms. The standard InChI is InChI=1S/C27H33FN4O/c28-23-9-7-21(8-10-23)25-30-27(13-1-2-14-27)26(33)32(25)16-4-15-31-17-11-20(12-18-31)22-5-3-6-24(29)19-22/h3,5-10,19-20H,1-2,4,11-18,29H2. The van der Waals surface area contributed by atoms with Crippen molar-refractivity contribution >= 4 is 17.4 Å². The highest BCUT2D eigenvalue weighted by Gasteiger charge is 2.49. The van der Waals surface area contributed by atoms with Gasteiger partial charge < -0.3 is 10.6 Å². The predicted octanol–water partition coefficient (Wildman–Crippen LogP) is 4.58. The van der Waals surface area contributed by atoms with Crippen molar-refractivity contribution in [2.24, 2.45) is 4.99 Å². The van der Waals surface area contributed by atoms with E-state index in [9.17, 15) is 9.18 Å². The van der Waals surface area contributed by atoms with E-state index < -0.39 is 5.54 Å². The number of nitrogens with two attached hydrogens (primary N) is 1. The third-order valence-electron chi connectivity index (χ3n) is 7.58. The number of hydrogen-bond acceptors (Lipinski definition) is 4. The van der Waals surface area contributed by atoms with Crippen LogP contribution in [0.5, 0.6) is 0 Å². The molecule has 2 aromatic carbocycles. The molecule has 1 amide bonds. The van der Waals surface area contributed by atoms with Crippen LogP contribution in [0.15, 0.2) is 53.5 Å². The van der Waals surface area contributed by atoms with Crippen LogP contribution in [-0.2, 0) is 4.79 Å². The number of amidine groups is 1. The lowest BCUT2D eigenvalue weighted by atomic mass is 9.89. The SMILES string of the molecule is Nc1cccc(C2CCN(CCCN3C(=O)C4(CCCC4)N=C3c3ccc(F)cc3)CC2)c1. The minimum absolute atomic E-state index is 0.139. The van der Waals surface area contributed by atoms with Crippen LogP contribution in [0, 0.1) is 5.82 Å². The minimum atomic E-state index is -0.584. The van der Waals surface area contributed by atoms with E-state index in [1.54, 1.807) is 12.1 Å². The van der Waals surface area contributed by atoms with Crippen molar-refractivity contribution < 1.29 is 9.18 Å². The fourth-order valence-corrected chi connectivity index (χ4v) is 5.73. The Morgan fingerprint density at radius 1 is 1.03 bits per heavy atom. The molecule has 6 heteroatoms. The lowest BCUT2D eigenvalue weighted by molar-refractivity contribution is -0.131. The Kier molecular flexibility index (Phi) is 6.19. The molecule has 0 unspecified atom stereocenters. The molecule has 5 nitrogen and oxygen atoms in total. The summed E-state index contributed by atoms with van der Waals surface area (Å²) in [6.07, 6.45) is 6.92. The molecule has 3 aliphatic rings. The number of piperidine rings is 1. The molecule has 0 aromatic heterocycles. The van der Waals surface area contributed by atoms with Crippen molar-refractivity contribution in [1.82, 2.24) is 9.80 Å². The topological polar surface area (TPSA) is 61.9 Å². The first kappa shape index (κ1) is 22.1. The second-order valence-electron chi connectivity index (χ2n) is 9.78. The van der Waals surface area contributed by atoms with Gasteiger partial charge in [-0.15, -0.1) is 0 Å². The number of carbonyl (C=O) groups excluding carboxylic acids is 1. The Morgan fingerprint density at radius 2 is 1.76 bits per heavy atom. The van der Waals surface area contributed by atoms with E-state index in [-0.39, 0.29) is 11.7 Å². The van der Waals surface area contributed by atoms with Crippen LogP contribution in [0.2, 0.25) is 0 Å². The number of amides is 1. The molecule has 2 aliphatic heterocycles. The van der Waals surface area contributed by atoms with Crippen LogP contribution < -0.4 is 5.73 Å². The Hall–Kier alpha value is -2.73. The number of carbonyl (C=O) groups is 1. The average Bonchev–Trinajstić information content (AvgIpc) is 3.41. The summed E-state index contributed by atoms with van der Waals surface area (Å²) in [4.78, 5) is 22.7. The molecule has 0 radical (unpaired) electrons. The van der Waals surface area contributed by atoms with Gasteiger partial charge in [-0.2, -0.15) is 0 Å². The van der Waals surface area contributed by atoms with E-state index in [1.807, 2.05) is 17.0 Å². The Labute approximate surface area is 195 Å². The van der Waals surface area contributed by atoms with E-state index >= 15 is 0 Å². The number of anilines is 1. The monoisotopic (exact) mass is 448 g/mol. The predicted molar refractivity (Wildman–Crippen MR) is 130 cm³/mol. The summed E-state index contributed by atoms with van der Waals surface area (Å²) >= 11 is 0. The molecule has 2 heterocycles. The van der Waals surface area contributed by atoms with Crippen molar-refractivity contribution in [2.75, 3.05) is 31.9 Å². The maximum absolute atomic E-state index is 13.5. The van der Waals surface area contributed by atoms with Crippen LogP contribution in [0.25, 0.3) is 0 Å². The third kappa shape index (κ3) is 4.54. The van der Waals surface area contributed by atoms with Crippen LogP contribution in [-0.4, -0.2) is 53.3 Å². The minimum Gasteiger partial charge on any atom is -0.399 e. The largest absolute Gasteiger partial charge is 0.399 e. The first-order chi connectivity index (χ1) is 16.0. The molecule has 1 aliphatic carbocycles. The summed E-state index contributed by atoms with van der Waals surface area (Å²) in [6.45, 7) is 3.76. The Balaban J connectivity index is 1.19. The van der Waals surface area contributed by atoms with Gasteiger partial charge >= 0.3 is 0 Å². The van der Waals surface area contributed by atoms with Gasteiger partial charge in [0.25, 0.3) is 5.91 Å². The van der Waals surface area contributed by atoms with Crippen molar-refractivity contribution in [1.29, 1.82) is 0 Å². The van der Waals surface area contributed by atoms with Crippen LogP contribution in [0.4, 0.5) is 10.1 Å². The number of rotatable bonds is 6. The number of aliphatic imine (C=N–C) groups is 1. The fourth-order valence-electron chi connectivity index (χ4n) is 5.73. The number of benzene rings is 2. The van der Waals surface area contributed by atoms with Gasteiger partial charge in [0, 0.05) is 17.8 Å². The molecule has 2 fully saturated rings. The van der Waals surface area contributed by atoms with Crippen LogP contribution >= 0.6 is 0 Å². The number of hydrogen-bond donors (Lipinski definition) is 1. The number of halogens is 1. The van der Waals surface area contributed by atoms with Gasteiger partial charge in [0.15, 0.2) is 0 Å². The maximum Gasteiger partial charge on any atom is 0.256 e. The number of nitrogen functional groups attached to an aromatic ring is 1. The smallest absolute Gasteiger partial charge is 0.256 e. The van der Waals surface area contributed by atoms with Crippen LogP contribution in [0.1, 0.15) is 62.0 Å². The van der Waals surface area contributed by atoms with Crippen molar-refractivity contribution in [3.8, 4) is 0 Å². The van der Waals surface area contributed by atoms with E-state index in [4.69, 9.17) is 10.7 Å². The van der Waals surface area contributed by atoms with Crippen molar-refractivity contribution in [3.05, 3.63) is 65.5 Å². The molecular weight excluding hydrogens is 415 g/mol. The second-order valence-corrected chi connectivity index (χ2v) is 9.78. The Morgan fingerprint density at radius 3 is 2.45 bits per heavy atom. The van der Waals surface area contributed by atoms with E-state index in [0.29, 0.717) is 12.5 Å². The third-order valence-corrected chi connectivity index (χ3v) is 7.58. The summed E-state index contributed by atoms with van der Waals surface area (Å²) < 4.78 is 13.5. The lowest BCUT2D eigenvalue weighted by Crippen LogP contribution is -2.43. The summed E-state index contributed by atoms with van der Waals surface area (Å²) in [5.41, 5.74) is 8.39. The Bertz CT molecular complexity index is 1020. The molecule has 1 spiro atoms. The molecule has 0 bridgehead atoms. The summed E-state index contributed by atoms with van der Waals surface area (Å²) in [6, 6.07) is 14.7. The molecule has 2 aromatic rings. The summed E-state index contributed by atoms with van der Waals surface area (Å²) in [7, 11) is 0. The molecule has 2 N–H and O–H groups in total. The molecule has 0 atom stereocenters. The van der Waals surface area contributed by atoms with Gasteiger partial charge in [-0.1, -0.05) is 25.0 Å². The van der Waals surface area contributed by atoms with E-state index in [0.717, 1.165) is 81.7 Å². The molecule has 5 rings (SSSR count). The molecular formula is C27H33FN4O. The zero-order chi connectivity index (χ0) is 22.8. The maximum atomic E-state index is 13.5. The quantitative estimate of drug-likeness (QED) is 0.658. The van der Waals surface area contributed by atoms with Gasteiger partial charge in [0.1, 0.15) is 17.2 Å². The van der Waals surface area contributed by atoms with Crippen LogP contribution in [0.3, 0.4) is 0 Å². The highest BCUT2D eigenvalue weighted by molar-refractivity contribution is 6.15. The summed E-state index contributed by atoms with van der Waals surface area (Å²) in [5, 5.41) is 0. The van der Waals surface area contributed by atoms with Gasteiger partial charge in [0.2, 0.25) is 0 Å². The van der Waals surface area contributed by atoms with Gasteiger partial charge in [-0.05, 0) is 99.6 Å². The van der Waals surface area contributed by atoms with E-state index in [1.165, 1.54) is 17.7 Å². The summed E-state index contributed by atoms with van der Waals surface area (Å²) in [5.74, 6) is 1.17. The first-order valence-electron chi connectivity index (χ1n) is 12.3. The second kappa shape index (κ2) is 9.26.